The van der Waals surface area contributed by atoms with Crippen molar-refractivity contribution >= 4 is 35.3 Å². The van der Waals surface area contributed by atoms with Crippen LogP contribution >= 0.6 is 0 Å². The number of amides is 2. The fraction of sp³-hybridized carbons (Fsp3) is 0.429. The summed E-state index contributed by atoms with van der Waals surface area (Å²) in [5.74, 6) is 0.951. The molecule has 6 rings (SSSR count). The summed E-state index contributed by atoms with van der Waals surface area (Å²) in [6.45, 7) is 2.88. The number of benzene rings is 1. The number of aromatic nitrogens is 4. The Morgan fingerprint density at radius 2 is 1.44 bits per heavy atom. The molecule has 3 saturated heterocycles. The van der Waals surface area contributed by atoms with Crippen LogP contribution in [0, 0.1) is 0 Å². The van der Waals surface area contributed by atoms with E-state index in [4.69, 9.17) is 24.8 Å². The van der Waals surface area contributed by atoms with Gasteiger partial charge in [-0.3, -0.25) is 9.78 Å². The molecule has 1 aromatic carbocycles. The largest absolute Gasteiger partial charge is 0.480 e. The van der Waals surface area contributed by atoms with Crippen LogP contribution in [0.25, 0.3) is 11.4 Å². The molecular weight excluding hydrogens is 526 g/mol. The SMILES string of the molecule is O=C(O)CNC1CCN(c2nc(-c3ccc(NC(=O)Nc4ccncc4)cc3)nc(N3CC4CCC(C3)O4)n2)CC1. The highest BCUT2D eigenvalue weighted by Crippen LogP contribution is 2.30. The highest BCUT2D eigenvalue weighted by atomic mass is 16.5. The van der Waals surface area contributed by atoms with Gasteiger partial charge in [0.25, 0.3) is 0 Å². The Morgan fingerprint density at radius 3 is 2.07 bits per heavy atom. The first kappa shape index (κ1) is 26.8. The number of rotatable bonds is 8. The molecule has 3 aliphatic rings. The summed E-state index contributed by atoms with van der Waals surface area (Å²) in [5, 5.41) is 17.7. The number of pyridine rings is 1. The average Bonchev–Trinajstić information content (AvgIpc) is 3.33. The molecular formula is C28H33N9O4. The van der Waals surface area contributed by atoms with E-state index in [1.54, 1.807) is 24.5 Å². The van der Waals surface area contributed by atoms with Gasteiger partial charge in [-0.2, -0.15) is 15.0 Å². The number of carbonyl (C=O) groups excluding carboxylic acids is 1. The number of hydrogen-bond donors (Lipinski definition) is 4. The molecule has 13 heteroatoms. The summed E-state index contributed by atoms with van der Waals surface area (Å²) in [5.41, 5.74) is 2.09. The van der Waals surface area contributed by atoms with Crippen molar-refractivity contribution in [3.8, 4) is 11.4 Å². The van der Waals surface area contributed by atoms with E-state index < -0.39 is 5.97 Å². The summed E-state index contributed by atoms with van der Waals surface area (Å²) in [7, 11) is 0. The normalized spacial score (nSPS) is 20.6. The Kier molecular flexibility index (Phi) is 7.87. The predicted molar refractivity (Wildman–Crippen MR) is 153 cm³/mol. The fourth-order valence-electron chi connectivity index (χ4n) is 5.49. The van der Waals surface area contributed by atoms with Crippen molar-refractivity contribution in [1.29, 1.82) is 0 Å². The predicted octanol–water partition coefficient (Wildman–Crippen LogP) is 2.59. The van der Waals surface area contributed by atoms with Crippen LogP contribution in [0.5, 0.6) is 0 Å². The smallest absolute Gasteiger partial charge is 0.323 e. The Balaban J connectivity index is 1.20. The third-order valence-corrected chi connectivity index (χ3v) is 7.60. The summed E-state index contributed by atoms with van der Waals surface area (Å²) in [4.78, 5) is 46.2. The van der Waals surface area contributed by atoms with Gasteiger partial charge in [-0.05, 0) is 62.1 Å². The number of hydrogen-bond acceptors (Lipinski definition) is 10. The third kappa shape index (κ3) is 6.69. The van der Waals surface area contributed by atoms with Gasteiger partial charge in [0.05, 0.1) is 18.8 Å². The lowest BCUT2D eigenvalue weighted by molar-refractivity contribution is -0.136. The number of morpholine rings is 1. The molecule has 41 heavy (non-hydrogen) atoms. The van der Waals surface area contributed by atoms with Crippen LogP contribution in [-0.4, -0.2) is 88.0 Å². The van der Waals surface area contributed by atoms with Crippen molar-refractivity contribution in [3.63, 3.8) is 0 Å². The lowest BCUT2D eigenvalue weighted by Crippen LogP contribution is -2.45. The number of fused-ring (bicyclic) bond motifs is 2. The van der Waals surface area contributed by atoms with Crippen molar-refractivity contribution in [1.82, 2.24) is 25.3 Å². The number of aliphatic carboxylic acids is 1. The quantitative estimate of drug-likeness (QED) is 0.321. The molecule has 5 heterocycles. The second kappa shape index (κ2) is 12.0. The Morgan fingerprint density at radius 1 is 0.829 bits per heavy atom. The molecule has 3 aromatic rings. The number of carbonyl (C=O) groups is 2. The Labute approximate surface area is 237 Å². The monoisotopic (exact) mass is 559 g/mol. The zero-order valence-electron chi connectivity index (χ0n) is 22.6. The lowest BCUT2D eigenvalue weighted by atomic mass is 10.1. The second-order valence-corrected chi connectivity index (χ2v) is 10.5. The van der Waals surface area contributed by atoms with E-state index in [9.17, 15) is 9.59 Å². The number of anilines is 4. The van der Waals surface area contributed by atoms with E-state index in [1.807, 2.05) is 24.3 Å². The zero-order valence-corrected chi connectivity index (χ0v) is 22.6. The molecule has 2 unspecified atom stereocenters. The summed E-state index contributed by atoms with van der Waals surface area (Å²) in [6.07, 6.45) is 7.30. The van der Waals surface area contributed by atoms with Crippen molar-refractivity contribution in [2.75, 3.05) is 53.2 Å². The Hall–Kier alpha value is -4.36. The maximum Gasteiger partial charge on any atom is 0.323 e. The van der Waals surface area contributed by atoms with Gasteiger partial charge in [-0.25, -0.2) is 4.79 Å². The first-order valence-corrected chi connectivity index (χ1v) is 13.9. The molecule has 2 bridgehead atoms. The van der Waals surface area contributed by atoms with Crippen LogP contribution < -0.4 is 25.8 Å². The molecule has 0 saturated carbocycles. The van der Waals surface area contributed by atoms with Crippen molar-refractivity contribution in [2.24, 2.45) is 0 Å². The van der Waals surface area contributed by atoms with Crippen LogP contribution in [0.2, 0.25) is 0 Å². The topological polar surface area (TPSA) is 158 Å². The van der Waals surface area contributed by atoms with Gasteiger partial charge < -0.3 is 35.6 Å². The summed E-state index contributed by atoms with van der Waals surface area (Å²) < 4.78 is 6.03. The molecule has 13 nitrogen and oxygen atoms in total. The number of urea groups is 1. The maximum atomic E-state index is 12.4. The molecule has 2 atom stereocenters. The van der Waals surface area contributed by atoms with Crippen LogP contribution in [0.4, 0.5) is 28.1 Å². The van der Waals surface area contributed by atoms with Gasteiger partial charge >= 0.3 is 12.0 Å². The molecule has 0 radical (unpaired) electrons. The van der Waals surface area contributed by atoms with E-state index in [0.29, 0.717) is 42.2 Å². The van der Waals surface area contributed by atoms with E-state index >= 15 is 0 Å². The molecule has 2 aromatic heterocycles. The molecule has 0 spiro atoms. The highest BCUT2D eigenvalue weighted by molar-refractivity contribution is 5.99. The van der Waals surface area contributed by atoms with Gasteiger partial charge in [-0.1, -0.05) is 0 Å². The van der Waals surface area contributed by atoms with Gasteiger partial charge in [-0.15, -0.1) is 0 Å². The Bertz CT molecular complexity index is 1350. The number of ether oxygens (including phenoxy) is 1. The standard InChI is InChI=1S/C28H33N9O4/c38-24(39)15-30-19-9-13-36(14-10-19)26-33-25(34-27(35-26)37-16-22-5-6-23(17-37)41-22)18-1-3-20(4-2-18)31-28(40)32-21-7-11-29-12-8-21/h1-4,7-8,11-12,19,22-23,30H,5-6,9-10,13-17H2,(H,38,39)(H2,29,31,32,40). The number of carboxylic acid groups (broad SMARTS) is 1. The van der Waals surface area contributed by atoms with Gasteiger partial charge in [0.15, 0.2) is 5.82 Å². The van der Waals surface area contributed by atoms with Crippen LogP contribution in [0.15, 0.2) is 48.8 Å². The number of nitrogens with zero attached hydrogens (tertiary/aromatic N) is 6. The maximum absolute atomic E-state index is 12.4. The minimum Gasteiger partial charge on any atom is -0.480 e. The molecule has 3 fully saturated rings. The first-order valence-electron chi connectivity index (χ1n) is 13.9. The van der Waals surface area contributed by atoms with Crippen molar-refractivity contribution < 1.29 is 19.4 Å². The van der Waals surface area contributed by atoms with E-state index in [0.717, 1.165) is 44.3 Å². The number of piperidine rings is 1. The molecule has 2 amide bonds. The molecule has 0 aliphatic carbocycles. The van der Waals surface area contributed by atoms with Crippen molar-refractivity contribution in [3.05, 3.63) is 48.8 Å². The van der Waals surface area contributed by atoms with Gasteiger partial charge in [0.2, 0.25) is 11.9 Å². The van der Waals surface area contributed by atoms with E-state index in [1.165, 1.54) is 0 Å². The highest BCUT2D eigenvalue weighted by Gasteiger charge is 2.35. The van der Waals surface area contributed by atoms with Crippen molar-refractivity contribution in [2.45, 2.75) is 43.9 Å². The zero-order chi connectivity index (χ0) is 28.2. The average molecular weight is 560 g/mol. The van der Waals surface area contributed by atoms with E-state index in [2.05, 4.69) is 30.7 Å². The van der Waals surface area contributed by atoms with Gasteiger partial charge in [0.1, 0.15) is 0 Å². The summed E-state index contributed by atoms with van der Waals surface area (Å²) in [6, 6.07) is 10.6. The lowest BCUT2D eigenvalue weighted by Gasteiger charge is -2.34. The molecule has 4 N–H and O–H groups in total. The summed E-state index contributed by atoms with van der Waals surface area (Å²) >= 11 is 0. The fourth-order valence-corrected chi connectivity index (χ4v) is 5.49. The van der Waals surface area contributed by atoms with Crippen LogP contribution in [0.1, 0.15) is 25.7 Å². The minimum atomic E-state index is -0.853. The third-order valence-electron chi connectivity index (χ3n) is 7.60. The molecule has 214 valence electrons. The second-order valence-electron chi connectivity index (χ2n) is 10.5. The van der Waals surface area contributed by atoms with E-state index in [-0.39, 0.29) is 30.8 Å². The van der Waals surface area contributed by atoms with Crippen LogP contribution in [-0.2, 0) is 9.53 Å². The van der Waals surface area contributed by atoms with Crippen LogP contribution in [0.3, 0.4) is 0 Å². The first-order chi connectivity index (χ1) is 20.0. The number of carboxylic acids is 1. The van der Waals surface area contributed by atoms with Gasteiger partial charge in [0, 0.05) is 61.6 Å². The number of nitrogens with one attached hydrogen (secondary N) is 3. The molecule has 3 aliphatic heterocycles. The minimum absolute atomic E-state index is 0.0413.